The van der Waals surface area contributed by atoms with Crippen molar-refractivity contribution < 1.29 is 14.6 Å². The molecule has 1 N–H and O–H groups in total. The molecule has 1 rings (SSSR count). The number of ether oxygens (including phenoxy) is 1. The third-order valence-corrected chi connectivity index (χ3v) is 1.70. The SMILES string of the molecule is CC(C)Oc1cnn(C(C)C(=O)O)c1. The number of hydrogen-bond acceptors (Lipinski definition) is 3. The molecule has 1 atom stereocenters. The molecule has 78 valence electrons. The van der Waals surface area contributed by atoms with Crippen LogP contribution in [0, 0.1) is 0 Å². The highest BCUT2D eigenvalue weighted by atomic mass is 16.5. The summed E-state index contributed by atoms with van der Waals surface area (Å²) in [6.07, 6.45) is 3.16. The van der Waals surface area contributed by atoms with Gasteiger partial charge in [0.15, 0.2) is 5.75 Å². The lowest BCUT2D eigenvalue weighted by Crippen LogP contribution is -2.15. The van der Waals surface area contributed by atoms with Gasteiger partial charge < -0.3 is 9.84 Å². The van der Waals surface area contributed by atoms with Crippen molar-refractivity contribution in [1.29, 1.82) is 0 Å². The molecule has 1 unspecified atom stereocenters. The Morgan fingerprint density at radius 1 is 1.57 bits per heavy atom. The fraction of sp³-hybridized carbons (Fsp3) is 0.556. The van der Waals surface area contributed by atoms with Crippen LogP contribution < -0.4 is 4.74 Å². The van der Waals surface area contributed by atoms with Crippen LogP contribution in [0.4, 0.5) is 0 Å². The molecule has 0 bridgehead atoms. The van der Waals surface area contributed by atoms with Gasteiger partial charge >= 0.3 is 5.97 Å². The average molecular weight is 198 g/mol. The van der Waals surface area contributed by atoms with Crippen LogP contribution in [0.3, 0.4) is 0 Å². The highest BCUT2D eigenvalue weighted by Crippen LogP contribution is 2.14. The van der Waals surface area contributed by atoms with Gasteiger partial charge in [-0.15, -0.1) is 0 Å². The molecule has 0 spiro atoms. The van der Waals surface area contributed by atoms with Crippen molar-refractivity contribution in [2.24, 2.45) is 0 Å². The van der Waals surface area contributed by atoms with E-state index < -0.39 is 12.0 Å². The Hall–Kier alpha value is -1.52. The standard InChI is InChI=1S/C9H14N2O3/c1-6(2)14-8-4-10-11(5-8)7(3)9(12)13/h4-7H,1-3H3,(H,12,13). The van der Waals surface area contributed by atoms with Crippen LogP contribution in [0.15, 0.2) is 12.4 Å². The fourth-order valence-corrected chi connectivity index (χ4v) is 0.979. The van der Waals surface area contributed by atoms with E-state index in [9.17, 15) is 4.79 Å². The van der Waals surface area contributed by atoms with Crippen molar-refractivity contribution >= 4 is 5.97 Å². The Morgan fingerprint density at radius 2 is 2.21 bits per heavy atom. The first-order valence-corrected chi connectivity index (χ1v) is 4.44. The summed E-state index contributed by atoms with van der Waals surface area (Å²) < 4.78 is 6.71. The predicted molar refractivity (Wildman–Crippen MR) is 50.3 cm³/mol. The van der Waals surface area contributed by atoms with E-state index in [0.717, 1.165) is 0 Å². The summed E-state index contributed by atoms with van der Waals surface area (Å²) >= 11 is 0. The minimum Gasteiger partial charge on any atom is -0.488 e. The van der Waals surface area contributed by atoms with Crippen molar-refractivity contribution in [3.8, 4) is 5.75 Å². The first-order chi connectivity index (χ1) is 6.50. The number of aromatic nitrogens is 2. The monoisotopic (exact) mass is 198 g/mol. The second kappa shape index (κ2) is 4.13. The lowest BCUT2D eigenvalue weighted by Gasteiger charge is -2.07. The molecular formula is C9H14N2O3. The lowest BCUT2D eigenvalue weighted by atomic mass is 10.3. The van der Waals surface area contributed by atoms with E-state index in [1.165, 1.54) is 10.9 Å². The summed E-state index contributed by atoms with van der Waals surface area (Å²) in [5, 5.41) is 12.6. The first kappa shape index (κ1) is 10.6. The molecule has 0 aromatic carbocycles. The molecular weight excluding hydrogens is 184 g/mol. The third kappa shape index (κ3) is 2.48. The summed E-state index contributed by atoms with van der Waals surface area (Å²) in [6.45, 7) is 5.37. The molecule has 5 heteroatoms. The minimum absolute atomic E-state index is 0.0628. The number of hydrogen-bond donors (Lipinski definition) is 1. The van der Waals surface area contributed by atoms with E-state index in [1.54, 1.807) is 13.1 Å². The number of carbonyl (C=O) groups is 1. The zero-order chi connectivity index (χ0) is 10.7. The largest absolute Gasteiger partial charge is 0.488 e. The van der Waals surface area contributed by atoms with Crippen LogP contribution in [-0.4, -0.2) is 27.0 Å². The summed E-state index contributed by atoms with van der Waals surface area (Å²) in [6, 6.07) is -0.667. The molecule has 0 aliphatic carbocycles. The van der Waals surface area contributed by atoms with Crippen molar-refractivity contribution in [3.05, 3.63) is 12.4 Å². The highest BCUT2D eigenvalue weighted by Gasteiger charge is 2.14. The van der Waals surface area contributed by atoms with Gasteiger partial charge in [0.25, 0.3) is 0 Å². The molecule has 0 saturated carbocycles. The smallest absolute Gasteiger partial charge is 0.328 e. The Kier molecular flexibility index (Phi) is 3.11. The van der Waals surface area contributed by atoms with Crippen LogP contribution in [0.5, 0.6) is 5.75 Å². The van der Waals surface area contributed by atoms with Crippen LogP contribution in [0.2, 0.25) is 0 Å². The van der Waals surface area contributed by atoms with Gasteiger partial charge in [-0.2, -0.15) is 5.10 Å². The average Bonchev–Trinajstić information content (AvgIpc) is 2.50. The second-order valence-electron chi connectivity index (χ2n) is 3.34. The fourth-order valence-electron chi connectivity index (χ4n) is 0.979. The second-order valence-corrected chi connectivity index (χ2v) is 3.34. The Labute approximate surface area is 82.3 Å². The Balaban J connectivity index is 2.72. The molecule has 0 radical (unpaired) electrons. The maximum Gasteiger partial charge on any atom is 0.328 e. The van der Waals surface area contributed by atoms with Gasteiger partial charge in [0.2, 0.25) is 0 Å². The third-order valence-electron chi connectivity index (χ3n) is 1.70. The van der Waals surface area contributed by atoms with Crippen molar-refractivity contribution in [2.75, 3.05) is 0 Å². The molecule has 14 heavy (non-hydrogen) atoms. The van der Waals surface area contributed by atoms with E-state index in [-0.39, 0.29) is 6.10 Å². The quantitative estimate of drug-likeness (QED) is 0.792. The van der Waals surface area contributed by atoms with Crippen molar-refractivity contribution in [2.45, 2.75) is 32.9 Å². The van der Waals surface area contributed by atoms with Gasteiger partial charge in [-0.1, -0.05) is 0 Å². The molecule has 1 aromatic heterocycles. The molecule has 1 aromatic rings. The maximum atomic E-state index is 10.6. The molecule has 1 heterocycles. The van der Waals surface area contributed by atoms with Crippen LogP contribution in [0.1, 0.15) is 26.8 Å². The van der Waals surface area contributed by atoms with E-state index in [4.69, 9.17) is 9.84 Å². The zero-order valence-corrected chi connectivity index (χ0v) is 8.47. The predicted octanol–water partition coefficient (Wildman–Crippen LogP) is 1.32. The number of carboxylic acids is 1. The molecule has 0 amide bonds. The van der Waals surface area contributed by atoms with E-state index in [2.05, 4.69) is 5.10 Å². The summed E-state index contributed by atoms with van der Waals surface area (Å²) in [5.74, 6) is -0.322. The summed E-state index contributed by atoms with van der Waals surface area (Å²) in [7, 11) is 0. The number of rotatable bonds is 4. The van der Waals surface area contributed by atoms with Crippen LogP contribution in [0.25, 0.3) is 0 Å². The van der Waals surface area contributed by atoms with E-state index >= 15 is 0 Å². The lowest BCUT2D eigenvalue weighted by molar-refractivity contribution is -0.140. The van der Waals surface area contributed by atoms with Crippen LogP contribution in [-0.2, 0) is 4.79 Å². The van der Waals surface area contributed by atoms with Gasteiger partial charge in [0.05, 0.1) is 18.5 Å². The zero-order valence-electron chi connectivity index (χ0n) is 8.47. The molecule has 0 aliphatic heterocycles. The first-order valence-electron chi connectivity index (χ1n) is 4.44. The summed E-state index contributed by atoms with van der Waals surface area (Å²) in [5.41, 5.74) is 0. The number of nitrogens with zero attached hydrogens (tertiary/aromatic N) is 2. The van der Waals surface area contributed by atoms with Crippen molar-refractivity contribution in [3.63, 3.8) is 0 Å². The maximum absolute atomic E-state index is 10.6. The normalized spacial score (nSPS) is 12.9. The summed E-state index contributed by atoms with van der Waals surface area (Å²) in [4.78, 5) is 10.6. The van der Waals surface area contributed by atoms with Gasteiger partial charge in [-0.25, -0.2) is 4.79 Å². The van der Waals surface area contributed by atoms with Gasteiger partial charge in [-0.3, -0.25) is 4.68 Å². The van der Waals surface area contributed by atoms with Gasteiger partial charge in [0, 0.05) is 0 Å². The number of aliphatic carboxylic acids is 1. The highest BCUT2D eigenvalue weighted by molar-refractivity contribution is 5.71. The topological polar surface area (TPSA) is 64.4 Å². The van der Waals surface area contributed by atoms with Crippen LogP contribution >= 0.6 is 0 Å². The molecule has 0 saturated heterocycles. The van der Waals surface area contributed by atoms with E-state index in [1.807, 2.05) is 13.8 Å². The van der Waals surface area contributed by atoms with Crippen molar-refractivity contribution in [1.82, 2.24) is 9.78 Å². The Bertz CT molecular complexity index is 320. The molecule has 0 fully saturated rings. The Morgan fingerprint density at radius 3 is 2.71 bits per heavy atom. The van der Waals surface area contributed by atoms with E-state index in [0.29, 0.717) is 5.75 Å². The molecule has 0 aliphatic rings. The minimum atomic E-state index is -0.913. The van der Waals surface area contributed by atoms with Gasteiger partial charge in [0.1, 0.15) is 6.04 Å². The molecule has 5 nitrogen and oxygen atoms in total. The number of carboxylic acid groups (broad SMARTS) is 1. The van der Waals surface area contributed by atoms with Gasteiger partial charge in [-0.05, 0) is 20.8 Å².